The summed E-state index contributed by atoms with van der Waals surface area (Å²) in [6.07, 6.45) is 3.22. The van der Waals surface area contributed by atoms with E-state index >= 15 is 0 Å². The SMILES string of the molecule is NC(=O)c1cccnc1COc1cc(-c2ccc(SO)c(F)c2)cc2ncccc12. The summed E-state index contributed by atoms with van der Waals surface area (Å²) < 4.78 is 29.3. The molecule has 2 heterocycles. The molecule has 0 bridgehead atoms. The molecule has 150 valence electrons. The van der Waals surface area contributed by atoms with Crippen LogP contribution in [-0.4, -0.2) is 20.4 Å². The standard InChI is InChI=1S/C22H16FN3O3S/c23-17-9-13(5-6-21(17)30-28)14-10-18-15(3-1-7-25-18)20(11-14)29-12-19-16(22(24)27)4-2-8-26-19/h1-11,28H,12H2,(H2,24,27). The van der Waals surface area contributed by atoms with Crippen LogP contribution >= 0.6 is 12.0 Å². The van der Waals surface area contributed by atoms with Crippen molar-refractivity contribution in [1.82, 2.24) is 9.97 Å². The number of halogens is 1. The molecule has 0 saturated heterocycles. The zero-order chi connectivity index (χ0) is 21.1. The largest absolute Gasteiger partial charge is 0.487 e. The lowest BCUT2D eigenvalue weighted by molar-refractivity contribution is 0.0997. The van der Waals surface area contributed by atoms with Gasteiger partial charge in [-0.15, -0.1) is 0 Å². The highest BCUT2D eigenvalue weighted by Gasteiger charge is 2.13. The number of hydrogen-bond acceptors (Lipinski definition) is 6. The van der Waals surface area contributed by atoms with Gasteiger partial charge in [0.15, 0.2) is 0 Å². The molecule has 0 spiro atoms. The molecular formula is C22H16FN3O3S. The van der Waals surface area contributed by atoms with Gasteiger partial charge in [-0.3, -0.25) is 14.8 Å². The van der Waals surface area contributed by atoms with Crippen LogP contribution in [-0.2, 0) is 6.61 Å². The molecule has 4 rings (SSSR count). The number of benzene rings is 2. The van der Waals surface area contributed by atoms with E-state index in [9.17, 15) is 9.18 Å². The second kappa shape index (κ2) is 8.48. The van der Waals surface area contributed by atoms with Gasteiger partial charge in [0, 0.05) is 29.8 Å². The smallest absolute Gasteiger partial charge is 0.250 e. The molecule has 0 aliphatic carbocycles. The number of ether oxygens (including phenoxy) is 1. The Morgan fingerprint density at radius 2 is 1.87 bits per heavy atom. The minimum Gasteiger partial charge on any atom is -0.487 e. The first-order valence-electron chi connectivity index (χ1n) is 8.93. The van der Waals surface area contributed by atoms with Crippen LogP contribution in [0.5, 0.6) is 5.75 Å². The molecule has 0 fully saturated rings. The Hall–Kier alpha value is -3.49. The van der Waals surface area contributed by atoms with Gasteiger partial charge in [0.1, 0.15) is 18.2 Å². The van der Waals surface area contributed by atoms with Crippen LogP contribution in [0.15, 0.2) is 71.9 Å². The Balaban J connectivity index is 1.74. The predicted molar refractivity (Wildman–Crippen MR) is 113 cm³/mol. The van der Waals surface area contributed by atoms with Crippen LogP contribution in [0.4, 0.5) is 4.39 Å². The number of nitrogens with two attached hydrogens (primary N) is 1. The van der Waals surface area contributed by atoms with E-state index in [0.717, 1.165) is 5.39 Å². The first kappa shape index (κ1) is 19.8. The minimum absolute atomic E-state index is 0.0288. The number of pyridine rings is 2. The van der Waals surface area contributed by atoms with Gasteiger partial charge >= 0.3 is 0 Å². The maximum absolute atomic E-state index is 14.2. The molecule has 3 N–H and O–H groups in total. The number of hydrogen-bond donors (Lipinski definition) is 2. The Bertz CT molecular complexity index is 1250. The normalized spacial score (nSPS) is 10.9. The van der Waals surface area contributed by atoms with Crippen LogP contribution in [0.1, 0.15) is 16.1 Å². The number of nitrogens with zero attached hydrogens (tertiary/aromatic N) is 2. The summed E-state index contributed by atoms with van der Waals surface area (Å²) in [6.45, 7) is 0.0288. The number of carbonyl (C=O) groups excluding carboxylic acids is 1. The Kier molecular flexibility index (Phi) is 5.60. The molecule has 2 aromatic heterocycles. The number of aromatic nitrogens is 2. The first-order chi connectivity index (χ1) is 14.6. The highest BCUT2D eigenvalue weighted by molar-refractivity contribution is 7.93. The fraction of sp³-hybridized carbons (Fsp3) is 0.0455. The Morgan fingerprint density at radius 1 is 1.07 bits per heavy atom. The predicted octanol–water partition coefficient (Wildman–Crippen LogP) is 4.68. The van der Waals surface area contributed by atoms with Gasteiger partial charge in [-0.1, -0.05) is 6.07 Å². The molecule has 0 atom stereocenters. The molecule has 1 amide bonds. The van der Waals surface area contributed by atoms with E-state index in [1.54, 1.807) is 42.7 Å². The summed E-state index contributed by atoms with van der Waals surface area (Å²) in [5.41, 5.74) is 8.09. The monoisotopic (exact) mass is 421 g/mol. The molecule has 0 radical (unpaired) electrons. The van der Waals surface area contributed by atoms with Crippen molar-refractivity contribution in [2.75, 3.05) is 0 Å². The first-order valence-corrected chi connectivity index (χ1v) is 9.71. The molecule has 0 aliphatic heterocycles. The van der Waals surface area contributed by atoms with E-state index in [1.807, 2.05) is 12.1 Å². The second-order valence-electron chi connectivity index (χ2n) is 6.43. The van der Waals surface area contributed by atoms with E-state index in [1.165, 1.54) is 12.1 Å². The highest BCUT2D eigenvalue weighted by Crippen LogP contribution is 2.33. The third-order valence-corrected chi connectivity index (χ3v) is 5.09. The van der Waals surface area contributed by atoms with Gasteiger partial charge in [-0.05, 0) is 59.7 Å². The van der Waals surface area contributed by atoms with Crippen LogP contribution < -0.4 is 10.5 Å². The maximum atomic E-state index is 14.2. The molecule has 30 heavy (non-hydrogen) atoms. The zero-order valence-corrected chi connectivity index (χ0v) is 16.4. The van der Waals surface area contributed by atoms with Gasteiger partial charge in [0.2, 0.25) is 0 Å². The molecule has 0 saturated carbocycles. The van der Waals surface area contributed by atoms with Crippen molar-refractivity contribution in [2.24, 2.45) is 5.73 Å². The number of fused-ring (bicyclic) bond motifs is 1. The molecule has 6 nitrogen and oxygen atoms in total. The van der Waals surface area contributed by atoms with Crippen LogP contribution in [0.2, 0.25) is 0 Å². The van der Waals surface area contributed by atoms with Crippen molar-refractivity contribution in [2.45, 2.75) is 11.5 Å². The third kappa shape index (κ3) is 3.96. The van der Waals surface area contributed by atoms with Gasteiger partial charge in [-0.25, -0.2) is 4.39 Å². The van der Waals surface area contributed by atoms with Gasteiger partial charge in [0.25, 0.3) is 5.91 Å². The fourth-order valence-electron chi connectivity index (χ4n) is 3.11. The third-order valence-electron chi connectivity index (χ3n) is 4.57. The highest BCUT2D eigenvalue weighted by atomic mass is 32.2. The number of carbonyl (C=O) groups is 1. The van der Waals surface area contributed by atoms with E-state index in [4.69, 9.17) is 15.0 Å². The van der Waals surface area contributed by atoms with Crippen molar-refractivity contribution >= 4 is 28.9 Å². The fourth-order valence-corrected chi connectivity index (χ4v) is 3.39. The average molecular weight is 421 g/mol. The summed E-state index contributed by atoms with van der Waals surface area (Å²) >= 11 is 0.358. The lowest BCUT2D eigenvalue weighted by Gasteiger charge is -2.13. The molecule has 4 aromatic rings. The van der Waals surface area contributed by atoms with E-state index in [-0.39, 0.29) is 17.1 Å². The summed E-state index contributed by atoms with van der Waals surface area (Å²) in [5.74, 6) is -0.597. The molecule has 2 aromatic carbocycles. The van der Waals surface area contributed by atoms with Crippen molar-refractivity contribution in [1.29, 1.82) is 0 Å². The number of primary amides is 1. The van der Waals surface area contributed by atoms with Crippen LogP contribution in [0.25, 0.3) is 22.0 Å². The van der Waals surface area contributed by atoms with Crippen LogP contribution in [0, 0.1) is 5.82 Å². The summed E-state index contributed by atoms with van der Waals surface area (Å²) in [7, 11) is 0. The molecule has 0 unspecified atom stereocenters. The average Bonchev–Trinajstić information content (AvgIpc) is 2.77. The van der Waals surface area contributed by atoms with Gasteiger partial charge in [0.05, 0.1) is 21.7 Å². The van der Waals surface area contributed by atoms with E-state index < -0.39 is 11.7 Å². The van der Waals surface area contributed by atoms with Crippen molar-refractivity contribution in [3.05, 3.63) is 84.1 Å². The number of rotatable bonds is 6. The summed E-state index contributed by atoms with van der Waals surface area (Å²) in [4.78, 5) is 20.3. The Morgan fingerprint density at radius 3 is 2.63 bits per heavy atom. The van der Waals surface area contributed by atoms with E-state index in [2.05, 4.69) is 9.97 Å². The minimum atomic E-state index is -0.584. The van der Waals surface area contributed by atoms with Gasteiger partial charge < -0.3 is 15.0 Å². The topological polar surface area (TPSA) is 98.3 Å². The maximum Gasteiger partial charge on any atom is 0.250 e. The Labute approximate surface area is 175 Å². The van der Waals surface area contributed by atoms with Crippen molar-refractivity contribution in [3.8, 4) is 16.9 Å². The van der Waals surface area contributed by atoms with E-state index in [0.29, 0.717) is 40.1 Å². The van der Waals surface area contributed by atoms with Gasteiger partial charge in [-0.2, -0.15) is 0 Å². The molecular weight excluding hydrogens is 405 g/mol. The summed E-state index contributed by atoms with van der Waals surface area (Å²) in [6, 6.07) is 15.0. The number of amides is 1. The van der Waals surface area contributed by atoms with Crippen molar-refractivity contribution < 1.29 is 18.5 Å². The zero-order valence-electron chi connectivity index (χ0n) is 15.6. The molecule has 0 aliphatic rings. The quantitative estimate of drug-likeness (QED) is 0.439. The summed E-state index contributed by atoms with van der Waals surface area (Å²) in [5, 5.41) is 0.765. The van der Waals surface area contributed by atoms with Crippen LogP contribution in [0.3, 0.4) is 0 Å². The lowest BCUT2D eigenvalue weighted by atomic mass is 10.0. The lowest BCUT2D eigenvalue weighted by Crippen LogP contribution is -2.15. The molecule has 8 heteroatoms. The second-order valence-corrected chi connectivity index (χ2v) is 7.05. The van der Waals surface area contributed by atoms with Crippen molar-refractivity contribution in [3.63, 3.8) is 0 Å².